The Morgan fingerprint density at radius 1 is 1.36 bits per heavy atom. The molecule has 0 saturated heterocycles. The zero-order chi connectivity index (χ0) is 15.5. The number of allylic oxidation sites excluding steroid dienone is 3. The molecule has 0 heterocycles. The van der Waals surface area contributed by atoms with Crippen LogP contribution in [0.5, 0.6) is 0 Å². The molecular weight excluding hydrogens is 268 g/mol. The minimum atomic E-state index is -0.922. The van der Waals surface area contributed by atoms with Crippen LogP contribution in [0.4, 0.5) is 0 Å². The Bertz CT molecular complexity index is 579. The van der Waals surface area contributed by atoms with Crippen LogP contribution in [-0.2, 0) is 0 Å². The van der Waals surface area contributed by atoms with Crippen LogP contribution in [0.3, 0.4) is 0 Å². The lowest BCUT2D eigenvalue weighted by Crippen LogP contribution is -2.52. The Morgan fingerprint density at radius 2 is 2.18 bits per heavy atom. The molecule has 0 aromatic rings. The van der Waals surface area contributed by atoms with Gasteiger partial charge in [-0.1, -0.05) is 36.6 Å². The summed E-state index contributed by atoms with van der Waals surface area (Å²) in [5.41, 5.74) is 2.00. The van der Waals surface area contributed by atoms with Crippen molar-refractivity contribution in [3.05, 3.63) is 23.8 Å². The predicted molar refractivity (Wildman–Crippen MR) is 90.0 cm³/mol. The first-order valence-corrected chi connectivity index (χ1v) is 9.07. The molecule has 118 valence electrons. The second kappa shape index (κ2) is 4.75. The molecule has 6 atom stereocenters. The largest absolute Gasteiger partial charge is 0.377 e. The van der Waals surface area contributed by atoms with E-state index in [4.69, 9.17) is 6.42 Å². The fraction of sp³-hybridized carbons (Fsp3) is 0.714. The van der Waals surface area contributed by atoms with Gasteiger partial charge in [-0.15, -0.1) is 6.42 Å². The van der Waals surface area contributed by atoms with Gasteiger partial charge in [-0.25, -0.2) is 0 Å². The highest BCUT2D eigenvalue weighted by molar-refractivity contribution is 5.31. The lowest BCUT2D eigenvalue weighted by molar-refractivity contribution is -0.0644. The van der Waals surface area contributed by atoms with Gasteiger partial charge in [0.1, 0.15) is 5.60 Å². The maximum Gasteiger partial charge on any atom is 0.131 e. The van der Waals surface area contributed by atoms with Gasteiger partial charge >= 0.3 is 0 Å². The van der Waals surface area contributed by atoms with E-state index in [2.05, 4.69) is 25.5 Å². The van der Waals surface area contributed by atoms with Crippen LogP contribution in [0.25, 0.3) is 0 Å². The molecule has 4 rings (SSSR count). The van der Waals surface area contributed by atoms with Crippen molar-refractivity contribution in [2.75, 3.05) is 0 Å². The fourth-order valence-corrected chi connectivity index (χ4v) is 6.58. The van der Waals surface area contributed by atoms with Crippen molar-refractivity contribution in [1.29, 1.82) is 0 Å². The van der Waals surface area contributed by atoms with Crippen molar-refractivity contribution < 1.29 is 5.11 Å². The molecule has 0 amide bonds. The summed E-state index contributed by atoms with van der Waals surface area (Å²) in [6.07, 6.45) is 17.5. The summed E-state index contributed by atoms with van der Waals surface area (Å²) < 4.78 is 0. The molecule has 0 aliphatic heterocycles. The summed E-state index contributed by atoms with van der Waals surface area (Å²) in [7, 11) is 0. The molecule has 1 nitrogen and oxygen atoms in total. The van der Waals surface area contributed by atoms with Crippen molar-refractivity contribution in [2.45, 2.75) is 63.9 Å². The van der Waals surface area contributed by atoms with E-state index in [1.807, 2.05) is 0 Å². The van der Waals surface area contributed by atoms with Gasteiger partial charge in [0.05, 0.1) is 0 Å². The van der Waals surface area contributed by atoms with Crippen molar-refractivity contribution in [3.8, 4) is 12.3 Å². The van der Waals surface area contributed by atoms with Crippen molar-refractivity contribution in [2.24, 2.45) is 29.1 Å². The quantitative estimate of drug-likeness (QED) is 0.516. The van der Waals surface area contributed by atoms with Crippen molar-refractivity contribution >= 4 is 0 Å². The second-order valence-corrected chi connectivity index (χ2v) is 8.45. The Balaban J connectivity index is 1.72. The van der Waals surface area contributed by atoms with Gasteiger partial charge in [0.25, 0.3) is 0 Å². The second-order valence-electron chi connectivity index (χ2n) is 8.45. The van der Waals surface area contributed by atoms with Crippen molar-refractivity contribution in [3.63, 3.8) is 0 Å². The molecule has 1 heteroatoms. The minimum absolute atomic E-state index is 0.157. The van der Waals surface area contributed by atoms with Crippen molar-refractivity contribution in [1.82, 2.24) is 0 Å². The van der Waals surface area contributed by atoms with E-state index in [1.54, 1.807) is 5.57 Å². The molecule has 3 saturated carbocycles. The van der Waals surface area contributed by atoms with E-state index in [0.29, 0.717) is 17.8 Å². The van der Waals surface area contributed by atoms with E-state index < -0.39 is 5.60 Å². The maximum absolute atomic E-state index is 11.0. The third-order valence-corrected chi connectivity index (χ3v) is 7.66. The molecule has 0 radical (unpaired) electrons. The average Bonchev–Trinajstić information content (AvgIpc) is 2.79. The Hall–Kier alpha value is -1.00. The van der Waals surface area contributed by atoms with Gasteiger partial charge in [0.15, 0.2) is 0 Å². The first kappa shape index (κ1) is 14.6. The van der Waals surface area contributed by atoms with Crippen LogP contribution in [0.1, 0.15) is 58.3 Å². The Kier molecular flexibility index (Phi) is 3.15. The number of hydrogen-bond donors (Lipinski definition) is 1. The zero-order valence-electron chi connectivity index (χ0n) is 13.8. The van der Waals surface area contributed by atoms with Crippen LogP contribution in [0.15, 0.2) is 23.8 Å². The molecule has 1 N–H and O–H groups in total. The summed E-state index contributed by atoms with van der Waals surface area (Å²) in [6, 6.07) is 0. The predicted octanol–water partition coefficient (Wildman–Crippen LogP) is 4.48. The monoisotopic (exact) mass is 296 g/mol. The molecule has 3 fully saturated rings. The number of fused-ring (bicyclic) bond motifs is 5. The molecule has 4 aliphatic carbocycles. The topological polar surface area (TPSA) is 20.2 Å². The van der Waals surface area contributed by atoms with Gasteiger partial charge in [-0.3, -0.25) is 0 Å². The molecule has 4 aliphatic rings. The first-order valence-electron chi connectivity index (χ1n) is 9.07. The van der Waals surface area contributed by atoms with E-state index >= 15 is 0 Å². The maximum atomic E-state index is 11.0. The Morgan fingerprint density at radius 3 is 2.95 bits per heavy atom. The summed E-state index contributed by atoms with van der Waals surface area (Å²) in [4.78, 5) is 0. The highest BCUT2D eigenvalue weighted by Gasteiger charge is 2.62. The fourth-order valence-electron chi connectivity index (χ4n) is 6.58. The summed E-state index contributed by atoms with van der Waals surface area (Å²) in [5.74, 6) is 5.41. The van der Waals surface area contributed by atoms with Gasteiger partial charge < -0.3 is 5.11 Å². The van der Waals surface area contributed by atoms with Gasteiger partial charge in [-0.2, -0.15) is 0 Å². The summed E-state index contributed by atoms with van der Waals surface area (Å²) >= 11 is 0. The molecule has 0 spiro atoms. The average molecular weight is 296 g/mol. The Labute approximate surface area is 134 Å². The molecular formula is C21H28O. The molecule has 22 heavy (non-hydrogen) atoms. The SMILES string of the molecule is C#C[C@@]1(O)CC[C@@H]2[C@@H]3CCC4=CCCC[C@@H]4[C@H]3C(=C)C[C@@]21C. The summed E-state index contributed by atoms with van der Waals surface area (Å²) in [5, 5.41) is 11.0. The van der Waals surface area contributed by atoms with E-state index in [0.717, 1.165) is 25.2 Å². The van der Waals surface area contributed by atoms with E-state index in [9.17, 15) is 5.11 Å². The number of terminal acetylenes is 1. The van der Waals surface area contributed by atoms with E-state index in [-0.39, 0.29) is 5.41 Å². The van der Waals surface area contributed by atoms with Crippen LogP contribution in [0, 0.1) is 41.4 Å². The number of hydrogen-bond acceptors (Lipinski definition) is 1. The molecule has 0 bridgehead atoms. The van der Waals surface area contributed by atoms with E-state index in [1.165, 1.54) is 37.7 Å². The van der Waals surface area contributed by atoms with Gasteiger partial charge in [-0.05, 0) is 75.0 Å². The minimum Gasteiger partial charge on any atom is -0.377 e. The molecule has 0 aromatic carbocycles. The molecule has 0 unspecified atom stereocenters. The number of aliphatic hydroxyl groups is 1. The normalized spacial score (nSPS) is 50.4. The van der Waals surface area contributed by atoms with Crippen LogP contribution >= 0.6 is 0 Å². The lowest BCUT2D eigenvalue weighted by atomic mass is 9.49. The lowest BCUT2D eigenvalue weighted by Gasteiger charge is -2.55. The third kappa shape index (κ3) is 1.71. The van der Waals surface area contributed by atoms with Crippen LogP contribution < -0.4 is 0 Å². The highest BCUT2D eigenvalue weighted by Crippen LogP contribution is 2.65. The number of rotatable bonds is 0. The smallest absolute Gasteiger partial charge is 0.131 e. The van der Waals surface area contributed by atoms with Crippen LogP contribution in [-0.4, -0.2) is 10.7 Å². The third-order valence-electron chi connectivity index (χ3n) is 7.66. The molecule has 0 aromatic heterocycles. The standard InChI is InChI=1S/C21H28O/c1-4-21(22)12-11-18-17-10-9-15-7-5-6-8-16(15)19(17)14(2)13-20(18,21)3/h1,7,16-19,22H,2,5-6,8-13H2,3H3/t16-,17-,18+,19+,20-,21+/m0/s1. The van der Waals surface area contributed by atoms with Gasteiger partial charge in [0.2, 0.25) is 0 Å². The summed E-state index contributed by atoms with van der Waals surface area (Å²) in [6.45, 7) is 6.72. The van der Waals surface area contributed by atoms with Gasteiger partial charge in [0, 0.05) is 5.41 Å². The first-order chi connectivity index (χ1) is 10.5. The highest BCUT2D eigenvalue weighted by atomic mass is 16.3. The zero-order valence-corrected chi connectivity index (χ0v) is 13.8. The van der Waals surface area contributed by atoms with Crippen LogP contribution in [0.2, 0.25) is 0 Å².